The number of aliphatic hydroxyl groups is 1. The molecule has 1 aliphatic carbocycles. The van der Waals surface area contributed by atoms with Gasteiger partial charge >= 0.3 is 0 Å². The van der Waals surface area contributed by atoms with E-state index in [2.05, 4.69) is 10.3 Å². The van der Waals surface area contributed by atoms with Crippen molar-refractivity contribution < 1.29 is 5.11 Å². The summed E-state index contributed by atoms with van der Waals surface area (Å²) < 4.78 is 0. The number of thiazole rings is 1. The molecule has 0 bridgehead atoms. The molecule has 1 aliphatic rings. The molecule has 1 aromatic heterocycles. The van der Waals surface area contributed by atoms with Gasteiger partial charge in [-0.3, -0.25) is 0 Å². The quantitative estimate of drug-likeness (QED) is 0.859. The van der Waals surface area contributed by atoms with Crippen molar-refractivity contribution in [1.82, 2.24) is 4.98 Å². The van der Waals surface area contributed by atoms with E-state index in [0.717, 1.165) is 18.1 Å². The van der Waals surface area contributed by atoms with Gasteiger partial charge in [-0.25, -0.2) is 4.98 Å². The number of hydrogen-bond donors (Lipinski definition) is 2. The Morgan fingerprint density at radius 3 is 3.00 bits per heavy atom. The molecule has 0 radical (unpaired) electrons. The first-order valence-corrected chi connectivity index (χ1v) is 6.51. The summed E-state index contributed by atoms with van der Waals surface area (Å²) in [5.74, 6) is 1.05. The van der Waals surface area contributed by atoms with E-state index < -0.39 is 0 Å². The number of anilines is 1. The molecule has 1 fully saturated rings. The second-order valence-electron chi connectivity index (χ2n) is 3.99. The van der Waals surface area contributed by atoms with Crippen molar-refractivity contribution in [2.45, 2.75) is 19.3 Å². The van der Waals surface area contributed by atoms with Crippen LogP contribution >= 0.6 is 22.9 Å². The lowest BCUT2D eigenvalue weighted by Crippen LogP contribution is -2.20. The van der Waals surface area contributed by atoms with Crippen LogP contribution in [0.25, 0.3) is 0 Å². The first-order chi connectivity index (χ1) is 7.29. The molecular formula is C10H15ClN2OS. The lowest BCUT2D eigenvalue weighted by Gasteiger charge is -2.17. The van der Waals surface area contributed by atoms with Crippen LogP contribution in [0.15, 0.2) is 5.38 Å². The van der Waals surface area contributed by atoms with Crippen LogP contribution in [0.3, 0.4) is 0 Å². The summed E-state index contributed by atoms with van der Waals surface area (Å²) in [5.41, 5.74) is 0. The van der Waals surface area contributed by atoms with E-state index in [1.807, 2.05) is 5.38 Å². The molecule has 2 unspecified atom stereocenters. The molecule has 0 saturated heterocycles. The number of aromatic nitrogens is 1. The van der Waals surface area contributed by atoms with Crippen molar-refractivity contribution in [3.05, 3.63) is 10.5 Å². The average molecular weight is 247 g/mol. The van der Waals surface area contributed by atoms with Gasteiger partial charge in [-0.05, 0) is 24.7 Å². The van der Waals surface area contributed by atoms with Crippen molar-refractivity contribution in [3.8, 4) is 0 Å². The zero-order chi connectivity index (χ0) is 10.7. The van der Waals surface area contributed by atoms with Crippen LogP contribution in [0, 0.1) is 11.8 Å². The van der Waals surface area contributed by atoms with Gasteiger partial charge in [-0.2, -0.15) is 0 Å². The number of nitrogens with one attached hydrogen (secondary N) is 1. The Labute approximate surface area is 98.5 Å². The van der Waals surface area contributed by atoms with E-state index in [-0.39, 0.29) is 0 Å². The second-order valence-corrected chi connectivity index (χ2v) is 5.24. The van der Waals surface area contributed by atoms with Gasteiger partial charge in [0.15, 0.2) is 5.13 Å². The summed E-state index contributed by atoms with van der Waals surface area (Å²) in [7, 11) is 0. The fraction of sp³-hybridized carbons (Fsp3) is 0.700. The Morgan fingerprint density at radius 2 is 2.33 bits per heavy atom. The molecule has 2 N–H and O–H groups in total. The first-order valence-electron chi connectivity index (χ1n) is 5.25. The van der Waals surface area contributed by atoms with E-state index in [4.69, 9.17) is 11.6 Å². The minimum absolute atomic E-state index is 0.310. The summed E-state index contributed by atoms with van der Waals surface area (Å²) in [5, 5.41) is 15.7. The average Bonchev–Trinajstić information content (AvgIpc) is 2.83. The largest absolute Gasteiger partial charge is 0.396 e. The third-order valence-electron chi connectivity index (χ3n) is 3.04. The summed E-state index contributed by atoms with van der Waals surface area (Å²) in [4.78, 5) is 4.13. The number of aliphatic hydroxyl groups excluding tert-OH is 1. The number of hydrogen-bond acceptors (Lipinski definition) is 4. The summed E-state index contributed by atoms with van der Waals surface area (Å²) in [6.07, 6.45) is 3.59. The van der Waals surface area contributed by atoms with Gasteiger partial charge in [0.2, 0.25) is 0 Å². The van der Waals surface area contributed by atoms with E-state index in [1.165, 1.54) is 24.2 Å². The molecule has 0 spiro atoms. The molecule has 0 aliphatic heterocycles. The van der Waals surface area contributed by atoms with Crippen molar-refractivity contribution in [3.63, 3.8) is 0 Å². The van der Waals surface area contributed by atoms with Crippen molar-refractivity contribution >= 4 is 28.1 Å². The molecule has 1 aromatic rings. The zero-order valence-corrected chi connectivity index (χ0v) is 10.0. The van der Waals surface area contributed by atoms with E-state index in [0.29, 0.717) is 23.6 Å². The Bertz CT molecular complexity index is 318. The fourth-order valence-electron chi connectivity index (χ4n) is 2.18. The molecule has 84 valence electrons. The maximum Gasteiger partial charge on any atom is 0.184 e. The predicted octanol–water partition coefficient (Wildman–Crippen LogP) is 2.62. The van der Waals surface area contributed by atoms with Crippen LogP contribution in [-0.4, -0.2) is 23.2 Å². The Balaban J connectivity index is 1.82. The molecule has 2 atom stereocenters. The van der Waals surface area contributed by atoms with E-state index >= 15 is 0 Å². The number of rotatable bonds is 4. The molecule has 3 nitrogen and oxygen atoms in total. The number of halogens is 1. The van der Waals surface area contributed by atoms with Gasteiger partial charge in [0.1, 0.15) is 5.15 Å². The van der Waals surface area contributed by atoms with Gasteiger partial charge in [0, 0.05) is 18.5 Å². The lowest BCUT2D eigenvalue weighted by atomic mass is 9.97. The molecule has 15 heavy (non-hydrogen) atoms. The highest BCUT2D eigenvalue weighted by Gasteiger charge is 2.26. The molecular weight excluding hydrogens is 232 g/mol. The highest BCUT2D eigenvalue weighted by molar-refractivity contribution is 7.14. The Morgan fingerprint density at radius 1 is 1.53 bits per heavy atom. The second kappa shape index (κ2) is 5.14. The Hall–Kier alpha value is -0.320. The zero-order valence-electron chi connectivity index (χ0n) is 8.45. The fourth-order valence-corrected chi connectivity index (χ4v) is 3.02. The Kier molecular flexibility index (Phi) is 3.83. The maximum absolute atomic E-state index is 9.18. The molecule has 2 rings (SSSR count). The first kappa shape index (κ1) is 11.2. The SMILES string of the molecule is OCC1CCCC1CNc1nc(Cl)cs1. The minimum Gasteiger partial charge on any atom is -0.396 e. The molecule has 1 heterocycles. The number of nitrogens with zero attached hydrogens (tertiary/aromatic N) is 1. The van der Waals surface area contributed by atoms with Crippen molar-refractivity contribution in [2.24, 2.45) is 11.8 Å². The van der Waals surface area contributed by atoms with Gasteiger partial charge in [-0.1, -0.05) is 18.0 Å². The smallest absolute Gasteiger partial charge is 0.184 e. The van der Waals surface area contributed by atoms with Crippen molar-refractivity contribution in [2.75, 3.05) is 18.5 Å². The predicted molar refractivity (Wildman–Crippen MR) is 63.5 cm³/mol. The van der Waals surface area contributed by atoms with Gasteiger partial charge in [-0.15, -0.1) is 11.3 Å². The van der Waals surface area contributed by atoms with Crippen LogP contribution in [0.5, 0.6) is 0 Å². The monoisotopic (exact) mass is 246 g/mol. The van der Waals surface area contributed by atoms with E-state index in [1.54, 1.807) is 0 Å². The minimum atomic E-state index is 0.310. The lowest BCUT2D eigenvalue weighted by molar-refractivity contribution is 0.199. The van der Waals surface area contributed by atoms with Crippen LogP contribution < -0.4 is 5.32 Å². The van der Waals surface area contributed by atoms with Gasteiger partial charge in [0.05, 0.1) is 0 Å². The molecule has 0 amide bonds. The third kappa shape index (κ3) is 2.83. The van der Waals surface area contributed by atoms with E-state index in [9.17, 15) is 5.11 Å². The summed E-state index contributed by atoms with van der Waals surface area (Å²) in [6.45, 7) is 1.21. The molecule has 5 heteroatoms. The highest BCUT2D eigenvalue weighted by Crippen LogP contribution is 2.31. The van der Waals surface area contributed by atoms with Crippen LogP contribution in [0.1, 0.15) is 19.3 Å². The maximum atomic E-state index is 9.18. The topological polar surface area (TPSA) is 45.1 Å². The van der Waals surface area contributed by atoms with Crippen molar-refractivity contribution in [1.29, 1.82) is 0 Å². The summed E-state index contributed by atoms with van der Waals surface area (Å²) in [6, 6.07) is 0. The normalized spacial score (nSPS) is 25.7. The van der Waals surface area contributed by atoms with Gasteiger partial charge < -0.3 is 10.4 Å². The standard InChI is InChI=1S/C10H15ClN2OS/c11-9-6-15-10(13-9)12-4-7-2-1-3-8(7)5-14/h6-8,14H,1-5H2,(H,12,13). The summed E-state index contributed by atoms with van der Waals surface area (Å²) >= 11 is 7.26. The van der Waals surface area contributed by atoms with Crippen LogP contribution in [-0.2, 0) is 0 Å². The molecule has 0 aromatic carbocycles. The molecule has 1 saturated carbocycles. The highest BCUT2D eigenvalue weighted by atomic mass is 35.5. The van der Waals surface area contributed by atoms with Crippen LogP contribution in [0.2, 0.25) is 5.15 Å². The van der Waals surface area contributed by atoms with Gasteiger partial charge in [0.25, 0.3) is 0 Å². The van der Waals surface area contributed by atoms with Crippen LogP contribution in [0.4, 0.5) is 5.13 Å². The third-order valence-corrected chi connectivity index (χ3v) is 4.17.